The SMILES string of the molecule is CN(C)c1ncc(-c2ccccc2)c([C@H]2CCCN(C(=O)C(C)(C)NC(=O)c3ccccc3)C2)n1. The maximum Gasteiger partial charge on any atom is 0.252 e. The minimum Gasteiger partial charge on any atom is -0.347 e. The Morgan fingerprint density at radius 1 is 1.03 bits per heavy atom. The van der Waals surface area contributed by atoms with Crippen LogP contribution in [0.5, 0.6) is 0 Å². The number of anilines is 1. The molecule has 0 saturated carbocycles. The monoisotopic (exact) mass is 471 g/mol. The zero-order valence-electron chi connectivity index (χ0n) is 20.9. The van der Waals surface area contributed by atoms with Gasteiger partial charge >= 0.3 is 0 Å². The van der Waals surface area contributed by atoms with Gasteiger partial charge in [0.1, 0.15) is 5.54 Å². The molecule has 1 aliphatic rings. The lowest BCUT2D eigenvalue weighted by Gasteiger charge is -2.38. The highest BCUT2D eigenvalue weighted by Gasteiger charge is 2.37. The summed E-state index contributed by atoms with van der Waals surface area (Å²) in [4.78, 5) is 39.5. The largest absolute Gasteiger partial charge is 0.347 e. The van der Waals surface area contributed by atoms with Gasteiger partial charge in [-0.1, -0.05) is 48.5 Å². The number of hydrogen-bond donors (Lipinski definition) is 1. The van der Waals surface area contributed by atoms with Crippen molar-refractivity contribution in [1.82, 2.24) is 20.2 Å². The van der Waals surface area contributed by atoms with E-state index in [4.69, 9.17) is 4.98 Å². The van der Waals surface area contributed by atoms with Crippen molar-refractivity contribution in [1.29, 1.82) is 0 Å². The summed E-state index contributed by atoms with van der Waals surface area (Å²) in [7, 11) is 3.85. The number of likely N-dealkylation sites (tertiary alicyclic amines) is 1. The summed E-state index contributed by atoms with van der Waals surface area (Å²) < 4.78 is 0. The number of nitrogens with one attached hydrogen (secondary N) is 1. The summed E-state index contributed by atoms with van der Waals surface area (Å²) >= 11 is 0. The molecule has 182 valence electrons. The van der Waals surface area contributed by atoms with Crippen LogP contribution < -0.4 is 10.2 Å². The summed E-state index contributed by atoms with van der Waals surface area (Å²) in [6.45, 7) is 4.74. The third-order valence-corrected chi connectivity index (χ3v) is 6.38. The molecule has 1 saturated heterocycles. The fourth-order valence-electron chi connectivity index (χ4n) is 4.53. The van der Waals surface area contributed by atoms with Gasteiger partial charge in [-0.15, -0.1) is 0 Å². The van der Waals surface area contributed by atoms with Gasteiger partial charge in [0.25, 0.3) is 5.91 Å². The molecular formula is C28H33N5O2. The van der Waals surface area contributed by atoms with Gasteiger partial charge in [0.05, 0.1) is 5.69 Å². The summed E-state index contributed by atoms with van der Waals surface area (Å²) in [5.74, 6) is 0.383. The number of piperidine rings is 1. The third-order valence-electron chi connectivity index (χ3n) is 6.38. The first-order valence-corrected chi connectivity index (χ1v) is 12.0. The molecule has 1 aromatic heterocycles. The average Bonchev–Trinajstić information content (AvgIpc) is 2.88. The Morgan fingerprint density at radius 2 is 1.69 bits per heavy atom. The lowest BCUT2D eigenvalue weighted by Crippen LogP contribution is -2.57. The third kappa shape index (κ3) is 5.50. The highest BCUT2D eigenvalue weighted by Crippen LogP contribution is 2.34. The topological polar surface area (TPSA) is 78.4 Å². The second-order valence-electron chi connectivity index (χ2n) is 9.76. The molecule has 7 nitrogen and oxygen atoms in total. The molecule has 2 amide bonds. The standard InChI is InChI=1S/C28H33N5O2/c1-28(2,31-25(34)21-14-9-6-10-15-21)26(35)33-17-11-16-22(19-33)24-23(20-12-7-5-8-13-20)18-29-27(30-24)32(3)4/h5-10,12-15,18,22H,11,16-17,19H2,1-4H3,(H,31,34)/t22-/m0/s1. The van der Waals surface area contributed by atoms with Crippen LogP contribution >= 0.6 is 0 Å². The Labute approximate surface area is 207 Å². The Morgan fingerprint density at radius 3 is 2.34 bits per heavy atom. The molecule has 1 N–H and O–H groups in total. The van der Waals surface area contributed by atoms with E-state index in [2.05, 4.69) is 22.4 Å². The zero-order valence-corrected chi connectivity index (χ0v) is 20.9. The molecule has 3 aromatic rings. The molecule has 0 unspecified atom stereocenters. The van der Waals surface area contributed by atoms with Crippen molar-refractivity contribution in [2.75, 3.05) is 32.1 Å². The smallest absolute Gasteiger partial charge is 0.252 e. The van der Waals surface area contributed by atoms with E-state index in [1.807, 2.05) is 66.5 Å². The first kappa shape index (κ1) is 24.4. The fourth-order valence-corrected chi connectivity index (χ4v) is 4.53. The summed E-state index contributed by atoms with van der Waals surface area (Å²) in [6, 6.07) is 19.1. The van der Waals surface area contributed by atoms with Crippen molar-refractivity contribution >= 4 is 17.8 Å². The predicted molar refractivity (Wildman–Crippen MR) is 138 cm³/mol. The Kier molecular flexibility index (Phi) is 7.15. The number of amides is 2. The first-order chi connectivity index (χ1) is 16.8. The number of rotatable bonds is 6. The van der Waals surface area contributed by atoms with Gasteiger partial charge in [-0.05, 0) is 44.4 Å². The molecule has 1 fully saturated rings. The number of nitrogens with zero attached hydrogens (tertiary/aromatic N) is 4. The van der Waals surface area contributed by atoms with Crippen LogP contribution in [0, 0.1) is 0 Å². The van der Waals surface area contributed by atoms with Gasteiger partial charge in [-0.25, -0.2) is 9.97 Å². The Bertz CT molecular complexity index is 1180. The van der Waals surface area contributed by atoms with Crippen LogP contribution in [-0.4, -0.2) is 59.4 Å². The number of benzene rings is 2. The maximum absolute atomic E-state index is 13.6. The van der Waals surface area contributed by atoms with Crippen LogP contribution in [0.25, 0.3) is 11.1 Å². The van der Waals surface area contributed by atoms with Gasteiger partial charge in [0.2, 0.25) is 11.9 Å². The highest BCUT2D eigenvalue weighted by molar-refractivity contribution is 5.99. The van der Waals surface area contributed by atoms with Crippen LogP contribution in [0.1, 0.15) is 48.7 Å². The molecule has 2 heterocycles. The highest BCUT2D eigenvalue weighted by atomic mass is 16.2. The van der Waals surface area contributed by atoms with Crippen LogP contribution in [0.15, 0.2) is 66.9 Å². The summed E-state index contributed by atoms with van der Waals surface area (Å²) in [5.41, 5.74) is 2.52. The van der Waals surface area contributed by atoms with Gasteiger partial charge in [0.15, 0.2) is 0 Å². The van der Waals surface area contributed by atoms with Crippen molar-refractivity contribution in [3.63, 3.8) is 0 Å². The maximum atomic E-state index is 13.6. The van der Waals surface area contributed by atoms with E-state index in [-0.39, 0.29) is 17.7 Å². The molecular weight excluding hydrogens is 438 g/mol. The number of carbonyl (C=O) groups is 2. The van der Waals surface area contributed by atoms with Gasteiger partial charge in [-0.2, -0.15) is 0 Å². The van der Waals surface area contributed by atoms with Gasteiger partial charge in [0, 0.05) is 50.4 Å². The molecule has 0 radical (unpaired) electrons. The lowest BCUT2D eigenvalue weighted by atomic mass is 9.89. The minimum atomic E-state index is -1.03. The summed E-state index contributed by atoms with van der Waals surface area (Å²) in [6.07, 6.45) is 3.69. The Hall–Kier alpha value is -3.74. The van der Waals surface area contributed by atoms with Crippen molar-refractivity contribution in [2.24, 2.45) is 0 Å². The Balaban J connectivity index is 1.57. The zero-order chi connectivity index (χ0) is 25.0. The first-order valence-electron chi connectivity index (χ1n) is 12.0. The van der Waals surface area contributed by atoms with E-state index in [0.29, 0.717) is 24.6 Å². The van der Waals surface area contributed by atoms with Crippen LogP contribution in [-0.2, 0) is 4.79 Å². The molecule has 7 heteroatoms. The second-order valence-corrected chi connectivity index (χ2v) is 9.76. The number of carbonyl (C=O) groups excluding carboxylic acids is 2. The lowest BCUT2D eigenvalue weighted by molar-refractivity contribution is -0.138. The van der Waals surface area contributed by atoms with Crippen LogP contribution in [0.3, 0.4) is 0 Å². The number of hydrogen-bond acceptors (Lipinski definition) is 5. The van der Waals surface area contributed by atoms with Crippen molar-refractivity contribution < 1.29 is 9.59 Å². The molecule has 1 atom stereocenters. The van der Waals surface area contributed by atoms with E-state index in [0.717, 1.165) is 29.7 Å². The van der Waals surface area contributed by atoms with Crippen molar-refractivity contribution in [3.05, 3.63) is 78.1 Å². The molecule has 0 bridgehead atoms. The normalized spacial score (nSPS) is 16.0. The van der Waals surface area contributed by atoms with Crippen molar-refractivity contribution in [2.45, 2.75) is 38.1 Å². The fraction of sp³-hybridized carbons (Fsp3) is 0.357. The van der Waals surface area contributed by atoms with Crippen LogP contribution in [0.4, 0.5) is 5.95 Å². The van der Waals surface area contributed by atoms with Crippen molar-refractivity contribution in [3.8, 4) is 11.1 Å². The molecule has 0 aliphatic carbocycles. The molecule has 0 spiro atoms. The predicted octanol–water partition coefficient (Wildman–Crippen LogP) is 4.12. The van der Waals surface area contributed by atoms with E-state index in [9.17, 15) is 9.59 Å². The minimum absolute atomic E-state index is 0.0743. The van der Waals surface area contributed by atoms with Gasteiger partial charge in [-0.3, -0.25) is 9.59 Å². The van der Waals surface area contributed by atoms with E-state index in [1.54, 1.807) is 26.0 Å². The quantitative estimate of drug-likeness (QED) is 0.585. The van der Waals surface area contributed by atoms with Gasteiger partial charge < -0.3 is 15.1 Å². The van der Waals surface area contributed by atoms with E-state index in [1.165, 1.54) is 0 Å². The second kappa shape index (κ2) is 10.3. The molecule has 35 heavy (non-hydrogen) atoms. The number of aromatic nitrogens is 2. The van der Waals surface area contributed by atoms with E-state index < -0.39 is 5.54 Å². The molecule has 2 aromatic carbocycles. The molecule has 4 rings (SSSR count). The molecule has 1 aliphatic heterocycles. The summed E-state index contributed by atoms with van der Waals surface area (Å²) in [5, 5.41) is 2.92. The van der Waals surface area contributed by atoms with Crippen LogP contribution in [0.2, 0.25) is 0 Å². The average molecular weight is 472 g/mol. The van der Waals surface area contributed by atoms with E-state index >= 15 is 0 Å².